The number of anilines is 1. The van der Waals surface area contributed by atoms with E-state index in [-0.39, 0.29) is 12.1 Å². The van der Waals surface area contributed by atoms with Gasteiger partial charge in [-0.25, -0.2) is 4.79 Å². The lowest BCUT2D eigenvalue weighted by atomic mass is 10.0. The number of hydrogen-bond donors (Lipinski definition) is 1. The Morgan fingerprint density at radius 3 is 2.59 bits per heavy atom. The highest BCUT2D eigenvalue weighted by Crippen LogP contribution is 2.32. The van der Waals surface area contributed by atoms with Crippen molar-refractivity contribution in [2.75, 3.05) is 11.9 Å². The minimum absolute atomic E-state index is 0.00661. The van der Waals surface area contributed by atoms with Crippen LogP contribution in [-0.4, -0.2) is 17.5 Å². The summed E-state index contributed by atoms with van der Waals surface area (Å²) in [7, 11) is 0. The molecule has 2 amide bonds. The van der Waals surface area contributed by atoms with Crippen LogP contribution in [0, 0.1) is 13.8 Å². The maximum absolute atomic E-state index is 12.6. The average Bonchev–Trinajstić information content (AvgIpc) is 2.99. The van der Waals surface area contributed by atoms with Gasteiger partial charge in [0.1, 0.15) is 0 Å². The fraction of sp³-hybridized carbons (Fsp3) is 0.316. The molecule has 0 spiro atoms. The van der Waals surface area contributed by atoms with Crippen LogP contribution < -0.4 is 5.32 Å². The fourth-order valence-electron chi connectivity index (χ4n) is 3.07. The van der Waals surface area contributed by atoms with Crippen molar-refractivity contribution in [3.05, 3.63) is 65.2 Å². The van der Waals surface area contributed by atoms with E-state index in [4.69, 9.17) is 0 Å². The first kappa shape index (κ1) is 14.6. The summed E-state index contributed by atoms with van der Waals surface area (Å²) in [6.07, 6.45) is 2.09. The first-order valence-corrected chi connectivity index (χ1v) is 7.84. The number of carbonyl (C=O) groups is 1. The molecule has 3 nitrogen and oxygen atoms in total. The van der Waals surface area contributed by atoms with Crippen LogP contribution in [0.4, 0.5) is 10.5 Å². The maximum atomic E-state index is 12.6. The van der Waals surface area contributed by atoms with E-state index in [1.54, 1.807) is 0 Å². The van der Waals surface area contributed by atoms with Crippen molar-refractivity contribution in [3.8, 4) is 0 Å². The quantitative estimate of drug-likeness (QED) is 0.857. The predicted molar refractivity (Wildman–Crippen MR) is 90.1 cm³/mol. The number of carbonyl (C=O) groups excluding carboxylic acids is 1. The Labute approximate surface area is 132 Å². The van der Waals surface area contributed by atoms with Crippen LogP contribution in [0.5, 0.6) is 0 Å². The Morgan fingerprint density at radius 2 is 1.86 bits per heavy atom. The monoisotopic (exact) mass is 294 g/mol. The molecule has 0 saturated carbocycles. The standard InChI is InChI=1S/C19H22N2O/c1-14-8-10-17(11-9-14)20-19(22)21-12-4-7-18(21)16-6-3-5-15(2)13-16/h3,5-6,8-11,13,18H,4,7,12H2,1-2H3,(H,20,22). The molecular formula is C19H22N2O. The van der Waals surface area contributed by atoms with E-state index < -0.39 is 0 Å². The third kappa shape index (κ3) is 3.14. The Hall–Kier alpha value is -2.29. The lowest BCUT2D eigenvalue weighted by molar-refractivity contribution is 0.207. The summed E-state index contributed by atoms with van der Waals surface area (Å²) in [6.45, 7) is 4.95. The average molecular weight is 294 g/mol. The number of hydrogen-bond acceptors (Lipinski definition) is 1. The van der Waals surface area contributed by atoms with Crippen LogP contribution in [0.1, 0.15) is 35.6 Å². The number of nitrogens with one attached hydrogen (secondary N) is 1. The van der Waals surface area contributed by atoms with Crippen molar-refractivity contribution in [3.63, 3.8) is 0 Å². The first-order valence-electron chi connectivity index (χ1n) is 7.84. The molecule has 1 unspecified atom stereocenters. The van der Waals surface area contributed by atoms with Crippen molar-refractivity contribution in [2.24, 2.45) is 0 Å². The third-order valence-corrected chi connectivity index (χ3v) is 4.24. The van der Waals surface area contributed by atoms with E-state index in [2.05, 4.69) is 36.5 Å². The molecule has 1 heterocycles. The van der Waals surface area contributed by atoms with Crippen LogP contribution in [-0.2, 0) is 0 Å². The minimum Gasteiger partial charge on any atom is -0.317 e. The molecule has 0 bridgehead atoms. The van der Waals surface area contributed by atoms with E-state index in [9.17, 15) is 4.79 Å². The molecule has 1 aliphatic rings. The molecule has 1 fully saturated rings. The summed E-state index contributed by atoms with van der Waals surface area (Å²) in [5.41, 5.74) is 4.52. The second-order valence-electron chi connectivity index (χ2n) is 6.06. The normalized spacial score (nSPS) is 17.5. The van der Waals surface area contributed by atoms with Crippen molar-refractivity contribution >= 4 is 11.7 Å². The molecule has 0 radical (unpaired) electrons. The summed E-state index contributed by atoms with van der Waals surface area (Å²) in [6, 6.07) is 16.6. The Balaban J connectivity index is 1.75. The maximum Gasteiger partial charge on any atom is 0.322 e. The molecule has 1 saturated heterocycles. The van der Waals surface area contributed by atoms with Crippen LogP contribution in [0.2, 0.25) is 0 Å². The van der Waals surface area contributed by atoms with Gasteiger partial charge in [-0.1, -0.05) is 47.5 Å². The summed E-state index contributed by atoms with van der Waals surface area (Å²) >= 11 is 0. The van der Waals surface area contributed by atoms with E-state index in [1.165, 1.54) is 16.7 Å². The lowest BCUT2D eigenvalue weighted by Crippen LogP contribution is -2.34. The molecule has 0 aliphatic carbocycles. The van der Waals surface area contributed by atoms with Gasteiger partial charge in [0.05, 0.1) is 6.04 Å². The largest absolute Gasteiger partial charge is 0.322 e. The number of aryl methyl sites for hydroxylation is 2. The second-order valence-corrected chi connectivity index (χ2v) is 6.06. The summed E-state index contributed by atoms with van der Waals surface area (Å²) < 4.78 is 0. The lowest BCUT2D eigenvalue weighted by Gasteiger charge is -2.25. The van der Waals surface area contributed by atoms with Gasteiger partial charge >= 0.3 is 6.03 Å². The van der Waals surface area contributed by atoms with Gasteiger partial charge in [0.2, 0.25) is 0 Å². The Bertz CT molecular complexity index is 663. The van der Waals surface area contributed by atoms with E-state index in [0.717, 1.165) is 25.1 Å². The van der Waals surface area contributed by atoms with Crippen molar-refractivity contribution in [1.82, 2.24) is 4.90 Å². The van der Waals surface area contributed by atoms with Gasteiger partial charge in [0.15, 0.2) is 0 Å². The second kappa shape index (κ2) is 6.22. The third-order valence-electron chi connectivity index (χ3n) is 4.24. The number of benzene rings is 2. The van der Waals surface area contributed by atoms with Crippen molar-refractivity contribution in [1.29, 1.82) is 0 Å². The van der Waals surface area contributed by atoms with Gasteiger partial charge < -0.3 is 10.2 Å². The number of nitrogens with zero attached hydrogens (tertiary/aromatic N) is 1. The molecule has 1 aliphatic heterocycles. The Kier molecular flexibility index (Phi) is 4.14. The zero-order valence-corrected chi connectivity index (χ0v) is 13.2. The molecule has 3 rings (SSSR count). The van der Waals surface area contributed by atoms with Gasteiger partial charge in [-0.2, -0.15) is 0 Å². The van der Waals surface area contributed by atoms with Gasteiger partial charge in [-0.15, -0.1) is 0 Å². The zero-order valence-electron chi connectivity index (χ0n) is 13.2. The SMILES string of the molecule is Cc1ccc(NC(=O)N2CCCC2c2cccc(C)c2)cc1. The van der Waals surface area contributed by atoms with Crippen LogP contribution >= 0.6 is 0 Å². The van der Waals surface area contributed by atoms with E-state index in [1.807, 2.05) is 36.1 Å². The van der Waals surface area contributed by atoms with Crippen molar-refractivity contribution in [2.45, 2.75) is 32.7 Å². The van der Waals surface area contributed by atoms with Crippen LogP contribution in [0.15, 0.2) is 48.5 Å². The van der Waals surface area contributed by atoms with Gasteiger partial charge in [0, 0.05) is 12.2 Å². The highest BCUT2D eigenvalue weighted by atomic mass is 16.2. The topological polar surface area (TPSA) is 32.3 Å². The van der Waals surface area contributed by atoms with E-state index >= 15 is 0 Å². The number of amides is 2. The highest BCUT2D eigenvalue weighted by molar-refractivity contribution is 5.89. The van der Waals surface area contributed by atoms with Gasteiger partial charge in [0.25, 0.3) is 0 Å². The molecule has 2 aromatic rings. The summed E-state index contributed by atoms with van der Waals surface area (Å²) in [5.74, 6) is 0. The van der Waals surface area contributed by atoms with Gasteiger partial charge in [-0.05, 0) is 44.4 Å². The van der Waals surface area contributed by atoms with Crippen LogP contribution in [0.25, 0.3) is 0 Å². The molecule has 114 valence electrons. The van der Waals surface area contributed by atoms with Gasteiger partial charge in [-0.3, -0.25) is 0 Å². The molecular weight excluding hydrogens is 272 g/mol. The highest BCUT2D eigenvalue weighted by Gasteiger charge is 2.29. The van der Waals surface area contributed by atoms with Crippen molar-refractivity contribution < 1.29 is 4.79 Å². The predicted octanol–water partition coefficient (Wildman–Crippen LogP) is 4.67. The zero-order chi connectivity index (χ0) is 15.5. The molecule has 22 heavy (non-hydrogen) atoms. The molecule has 2 aromatic carbocycles. The fourth-order valence-corrected chi connectivity index (χ4v) is 3.07. The summed E-state index contributed by atoms with van der Waals surface area (Å²) in [4.78, 5) is 14.5. The first-order chi connectivity index (χ1) is 10.6. The molecule has 1 N–H and O–H groups in total. The minimum atomic E-state index is -0.00661. The Morgan fingerprint density at radius 1 is 1.09 bits per heavy atom. The molecule has 0 aromatic heterocycles. The number of urea groups is 1. The van der Waals surface area contributed by atoms with Crippen LogP contribution in [0.3, 0.4) is 0 Å². The number of rotatable bonds is 2. The van der Waals surface area contributed by atoms with E-state index in [0.29, 0.717) is 0 Å². The smallest absolute Gasteiger partial charge is 0.317 e. The molecule has 3 heteroatoms. The summed E-state index contributed by atoms with van der Waals surface area (Å²) in [5, 5.41) is 3.01. The molecule has 1 atom stereocenters. The number of likely N-dealkylation sites (tertiary alicyclic amines) is 1.